The summed E-state index contributed by atoms with van der Waals surface area (Å²) < 4.78 is 11.0. The van der Waals surface area contributed by atoms with Crippen molar-refractivity contribution in [1.29, 1.82) is 0 Å². The third-order valence-electron chi connectivity index (χ3n) is 3.65. The van der Waals surface area contributed by atoms with E-state index in [1.807, 2.05) is 6.07 Å². The van der Waals surface area contributed by atoms with Crippen LogP contribution in [0.4, 0.5) is 0 Å². The van der Waals surface area contributed by atoms with E-state index in [1.54, 1.807) is 11.8 Å². The zero-order chi connectivity index (χ0) is 16.4. The van der Waals surface area contributed by atoms with Gasteiger partial charge in [-0.05, 0) is 18.4 Å². The Bertz CT molecular complexity index is 678. The largest absolute Gasteiger partial charge is 0.423 e. The predicted octanol–water partition coefficient (Wildman–Crippen LogP) is 1.51. The van der Waals surface area contributed by atoms with Gasteiger partial charge in [-0.3, -0.25) is 9.89 Å². The summed E-state index contributed by atoms with van der Waals surface area (Å²) in [7, 11) is 0. The van der Waals surface area contributed by atoms with Crippen LogP contribution < -0.4 is 0 Å². The summed E-state index contributed by atoms with van der Waals surface area (Å²) in [6, 6.07) is 1.82. The molecule has 0 saturated carbocycles. The van der Waals surface area contributed by atoms with E-state index in [-0.39, 0.29) is 12.0 Å². The summed E-state index contributed by atoms with van der Waals surface area (Å²) in [5.74, 6) is 1.29. The number of aromatic amines is 1. The first-order valence-corrected chi connectivity index (χ1v) is 7.78. The number of rotatable bonds is 4. The second kappa shape index (κ2) is 6.49. The van der Waals surface area contributed by atoms with Gasteiger partial charge in [0.15, 0.2) is 6.10 Å². The van der Waals surface area contributed by atoms with Crippen LogP contribution in [0.25, 0.3) is 0 Å². The SMILES string of the molecule is Cc1nnc(C2CN(C(=O)c3cc(CC(C)C)[nH]n3)CCO2)o1. The monoisotopic (exact) mass is 319 g/mol. The molecule has 8 nitrogen and oxygen atoms in total. The van der Waals surface area contributed by atoms with E-state index in [2.05, 4.69) is 34.2 Å². The summed E-state index contributed by atoms with van der Waals surface area (Å²) in [6.07, 6.45) is 0.482. The number of morpholine rings is 1. The Balaban J connectivity index is 1.68. The molecule has 1 aliphatic rings. The van der Waals surface area contributed by atoms with Crippen molar-refractivity contribution >= 4 is 5.91 Å². The van der Waals surface area contributed by atoms with Crippen LogP contribution in [-0.4, -0.2) is 50.9 Å². The molecule has 3 heterocycles. The number of carbonyl (C=O) groups excluding carboxylic acids is 1. The van der Waals surface area contributed by atoms with Crippen molar-refractivity contribution in [2.24, 2.45) is 5.92 Å². The van der Waals surface area contributed by atoms with E-state index >= 15 is 0 Å². The Morgan fingerprint density at radius 1 is 1.48 bits per heavy atom. The van der Waals surface area contributed by atoms with Crippen LogP contribution in [0.2, 0.25) is 0 Å². The average Bonchev–Trinajstić information content (AvgIpc) is 3.15. The lowest BCUT2D eigenvalue weighted by molar-refractivity contribution is -0.0351. The lowest BCUT2D eigenvalue weighted by Gasteiger charge is -2.30. The number of aromatic nitrogens is 4. The molecule has 0 bridgehead atoms. The van der Waals surface area contributed by atoms with Gasteiger partial charge in [0.05, 0.1) is 13.2 Å². The van der Waals surface area contributed by atoms with Gasteiger partial charge < -0.3 is 14.1 Å². The number of amides is 1. The van der Waals surface area contributed by atoms with Gasteiger partial charge in [-0.25, -0.2) is 0 Å². The van der Waals surface area contributed by atoms with Crippen molar-refractivity contribution in [3.8, 4) is 0 Å². The fraction of sp³-hybridized carbons (Fsp3) is 0.600. The van der Waals surface area contributed by atoms with Crippen molar-refractivity contribution in [3.63, 3.8) is 0 Å². The summed E-state index contributed by atoms with van der Waals surface area (Å²) in [4.78, 5) is 14.3. The third-order valence-corrected chi connectivity index (χ3v) is 3.65. The minimum Gasteiger partial charge on any atom is -0.423 e. The van der Waals surface area contributed by atoms with Crippen molar-refractivity contribution in [2.45, 2.75) is 33.3 Å². The molecule has 1 amide bonds. The third kappa shape index (κ3) is 3.58. The van der Waals surface area contributed by atoms with Crippen molar-refractivity contribution in [3.05, 3.63) is 29.2 Å². The van der Waals surface area contributed by atoms with Crippen molar-refractivity contribution in [1.82, 2.24) is 25.3 Å². The van der Waals surface area contributed by atoms with Gasteiger partial charge in [0.2, 0.25) is 11.8 Å². The molecule has 2 aromatic rings. The zero-order valence-corrected chi connectivity index (χ0v) is 13.6. The molecular weight excluding hydrogens is 298 g/mol. The highest BCUT2D eigenvalue weighted by molar-refractivity contribution is 5.92. The number of H-pyrrole nitrogens is 1. The number of ether oxygens (including phenoxy) is 1. The maximum absolute atomic E-state index is 12.6. The Morgan fingerprint density at radius 2 is 2.30 bits per heavy atom. The van der Waals surface area contributed by atoms with E-state index in [0.717, 1.165) is 12.1 Å². The lowest BCUT2D eigenvalue weighted by atomic mass is 10.1. The minimum absolute atomic E-state index is 0.110. The molecule has 1 atom stereocenters. The smallest absolute Gasteiger partial charge is 0.274 e. The van der Waals surface area contributed by atoms with Crippen LogP contribution in [0.3, 0.4) is 0 Å². The maximum Gasteiger partial charge on any atom is 0.274 e. The number of hydrogen-bond acceptors (Lipinski definition) is 6. The second-order valence-electron chi connectivity index (χ2n) is 6.15. The van der Waals surface area contributed by atoms with E-state index in [1.165, 1.54) is 0 Å². The predicted molar refractivity (Wildman–Crippen MR) is 80.8 cm³/mol. The molecule has 0 aliphatic carbocycles. The number of aryl methyl sites for hydroxylation is 1. The van der Waals surface area contributed by atoms with Gasteiger partial charge in [-0.2, -0.15) is 5.10 Å². The number of hydrogen-bond donors (Lipinski definition) is 1. The van der Waals surface area contributed by atoms with Gasteiger partial charge >= 0.3 is 0 Å². The first-order valence-electron chi connectivity index (χ1n) is 7.78. The highest BCUT2D eigenvalue weighted by Crippen LogP contribution is 2.22. The first-order chi connectivity index (χ1) is 11.0. The molecule has 1 fully saturated rings. The molecule has 2 aromatic heterocycles. The molecule has 23 heavy (non-hydrogen) atoms. The van der Waals surface area contributed by atoms with Crippen LogP contribution >= 0.6 is 0 Å². The Morgan fingerprint density at radius 3 is 3.00 bits per heavy atom. The molecule has 1 N–H and O–H groups in total. The summed E-state index contributed by atoms with van der Waals surface area (Å²) >= 11 is 0. The van der Waals surface area contributed by atoms with E-state index in [4.69, 9.17) is 9.15 Å². The second-order valence-corrected chi connectivity index (χ2v) is 6.15. The highest BCUT2D eigenvalue weighted by Gasteiger charge is 2.30. The summed E-state index contributed by atoms with van der Waals surface area (Å²) in [5.41, 5.74) is 1.41. The molecule has 1 unspecified atom stereocenters. The number of nitrogens with zero attached hydrogens (tertiary/aromatic N) is 4. The molecule has 1 aliphatic heterocycles. The van der Waals surface area contributed by atoms with E-state index in [0.29, 0.717) is 43.1 Å². The molecule has 8 heteroatoms. The van der Waals surface area contributed by atoms with Crippen molar-refractivity contribution in [2.75, 3.05) is 19.7 Å². The van der Waals surface area contributed by atoms with Crippen LogP contribution in [0.5, 0.6) is 0 Å². The van der Waals surface area contributed by atoms with Gasteiger partial charge in [0.1, 0.15) is 5.69 Å². The first kappa shape index (κ1) is 15.7. The van der Waals surface area contributed by atoms with Crippen molar-refractivity contribution < 1.29 is 13.9 Å². The summed E-state index contributed by atoms with van der Waals surface area (Å²) in [6.45, 7) is 7.31. The molecule has 0 aromatic carbocycles. The van der Waals surface area contributed by atoms with E-state index in [9.17, 15) is 4.79 Å². The quantitative estimate of drug-likeness (QED) is 0.917. The standard InChI is InChI=1S/C15H21N5O3/c1-9(2)6-11-7-12(18-17-11)15(21)20-4-5-22-13(8-20)14-19-16-10(3)23-14/h7,9,13H,4-6,8H2,1-3H3,(H,17,18). The molecule has 0 spiro atoms. The van der Waals surface area contributed by atoms with Gasteiger partial charge in [0.25, 0.3) is 5.91 Å². The fourth-order valence-corrected chi connectivity index (χ4v) is 2.60. The summed E-state index contributed by atoms with van der Waals surface area (Å²) in [5, 5.41) is 14.8. The molecular formula is C15H21N5O3. The van der Waals surface area contributed by atoms with Crippen LogP contribution in [0, 0.1) is 12.8 Å². The van der Waals surface area contributed by atoms with Crippen LogP contribution in [-0.2, 0) is 11.2 Å². The lowest BCUT2D eigenvalue weighted by Crippen LogP contribution is -2.42. The maximum atomic E-state index is 12.6. The van der Waals surface area contributed by atoms with Gasteiger partial charge in [-0.15, -0.1) is 10.2 Å². The molecule has 3 rings (SSSR count). The van der Waals surface area contributed by atoms with E-state index < -0.39 is 0 Å². The topological polar surface area (TPSA) is 97.1 Å². The Kier molecular flexibility index (Phi) is 4.42. The van der Waals surface area contributed by atoms with Crippen LogP contribution in [0.1, 0.15) is 47.9 Å². The number of nitrogens with one attached hydrogen (secondary N) is 1. The number of carbonyl (C=O) groups is 1. The fourth-order valence-electron chi connectivity index (χ4n) is 2.60. The normalized spacial score (nSPS) is 18.6. The zero-order valence-electron chi connectivity index (χ0n) is 13.6. The Labute approximate surface area is 134 Å². The highest BCUT2D eigenvalue weighted by atomic mass is 16.5. The molecule has 124 valence electrons. The average molecular weight is 319 g/mol. The minimum atomic E-state index is -0.386. The molecule has 1 saturated heterocycles. The molecule has 0 radical (unpaired) electrons. The Hall–Kier alpha value is -2.22. The van der Waals surface area contributed by atoms with Crippen LogP contribution in [0.15, 0.2) is 10.5 Å². The van der Waals surface area contributed by atoms with Gasteiger partial charge in [-0.1, -0.05) is 13.8 Å². The van der Waals surface area contributed by atoms with Gasteiger partial charge in [0, 0.05) is 19.2 Å².